The second kappa shape index (κ2) is 5.46. The van der Waals surface area contributed by atoms with Gasteiger partial charge in [-0.05, 0) is 0 Å². The summed E-state index contributed by atoms with van der Waals surface area (Å²) in [5.74, 6) is 0. The van der Waals surface area contributed by atoms with Gasteiger partial charge in [-0.15, -0.1) is 0 Å². The first-order valence-corrected chi connectivity index (χ1v) is 9.38. The molecule has 2 aromatic rings. The van der Waals surface area contributed by atoms with Crippen molar-refractivity contribution in [1.29, 1.82) is 0 Å². The van der Waals surface area contributed by atoms with Crippen LogP contribution in [-0.4, -0.2) is 0 Å². The Bertz CT molecular complexity index is 803. The Labute approximate surface area is 147 Å². The van der Waals surface area contributed by atoms with E-state index in [4.69, 9.17) is 0 Å². The Morgan fingerprint density at radius 1 is 0.955 bits per heavy atom. The molecular formula is C21H19Zr. The van der Waals surface area contributed by atoms with Crippen LogP contribution in [0.15, 0.2) is 54.1 Å². The fourth-order valence-electron chi connectivity index (χ4n) is 3.87. The molecule has 0 N–H and O–H groups in total. The standard InChI is InChI=1S/C21H19.Zr/c1-14-9-15(2)11-18(10-14)19-12-17-8-7-16-5-3-4-6-20(16)21(17)13-19;/h3-6,9-13H,7-8H2,1-2H3;. The van der Waals surface area contributed by atoms with Gasteiger partial charge in [0.05, 0.1) is 0 Å². The van der Waals surface area contributed by atoms with Crippen LogP contribution in [0.2, 0.25) is 3.63 Å². The van der Waals surface area contributed by atoms with Crippen LogP contribution < -0.4 is 0 Å². The van der Waals surface area contributed by atoms with Crippen molar-refractivity contribution in [3.8, 4) is 0 Å². The number of rotatable bonds is 1. The van der Waals surface area contributed by atoms with Gasteiger partial charge in [-0.25, -0.2) is 0 Å². The molecule has 1 unspecified atom stereocenters. The summed E-state index contributed by atoms with van der Waals surface area (Å²) in [4.78, 5) is 0. The number of hydrogen-bond donors (Lipinski definition) is 0. The van der Waals surface area contributed by atoms with Crippen molar-refractivity contribution in [2.75, 3.05) is 0 Å². The zero-order valence-electron chi connectivity index (χ0n) is 13.1. The van der Waals surface area contributed by atoms with E-state index in [2.05, 4.69) is 62.4 Å². The molecule has 0 heterocycles. The van der Waals surface area contributed by atoms with E-state index >= 15 is 0 Å². The number of hydrogen-bond acceptors (Lipinski definition) is 0. The Morgan fingerprint density at radius 2 is 1.68 bits per heavy atom. The number of aryl methyl sites for hydroxylation is 3. The molecule has 107 valence electrons. The first kappa shape index (κ1) is 14.4. The number of fused-ring (bicyclic) bond motifs is 2. The molecule has 0 saturated carbocycles. The third-order valence-corrected chi connectivity index (χ3v) is 6.45. The third kappa shape index (κ3) is 2.31. The van der Waals surface area contributed by atoms with Crippen molar-refractivity contribution in [2.45, 2.75) is 30.3 Å². The molecule has 1 atom stereocenters. The van der Waals surface area contributed by atoms with Gasteiger partial charge >= 0.3 is 148 Å². The van der Waals surface area contributed by atoms with Crippen molar-refractivity contribution >= 4 is 11.1 Å². The summed E-state index contributed by atoms with van der Waals surface area (Å²) in [5.41, 5.74) is 11.9. The van der Waals surface area contributed by atoms with Crippen molar-refractivity contribution in [2.24, 2.45) is 0 Å². The molecule has 0 aliphatic heterocycles. The van der Waals surface area contributed by atoms with E-state index in [-0.39, 0.29) is 0 Å². The molecule has 2 aliphatic carbocycles. The Balaban J connectivity index is 1.83. The van der Waals surface area contributed by atoms with Crippen LogP contribution in [0.25, 0.3) is 11.1 Å². The van der Waals surface area contributed by atoms with Gasteiger partial charge < -0.3 is 0 Å². The summed E-state index contributed by atoms with van der Waals surface area (Å²) in [6.07, 6.45) is 4.90. The van der Waals surface area contributed by atoms with Gasteiger partial charge in [-0.2, -0.15) is 0 Å². The molecule has 0 aromatic heterocycles. The van der Waals surface area contributed by atoms with Gasteiger partial charge in [0, 0.05) is 0 Å². The topological polar surface area (TPSA) is 0 Å². The molecule has 1 heteroatoms. The molecule has 0 radical (unpaired) electrons. The summed E-state index contributed by atoms with van der Waals surface area (Å²) in [6, 6.07) is 15.9. The average Bonchev–Trinajstić information content (AvgIpc) is 2.84. The minimum absolute atomic E-state index is 0.636. The third-order valence-electron chi connectivity index (χ3n) is 4.83. The second-order valence-corrected chi connectivity index (χ2v) is 7.92. The summed E-state index contributed by atoms with van der Waals surface area (Å²) >= 11 is 1.61. The molecule has 0 amide bonds. The fourth-order valence-corrected chi connectivity index (χ4v) is 5.22. The maximum atomic E-state index is 2.47. The summed E-state index contributed by atoms with van der Waals surface area (Å²) in [5, 5.41) is 0. The normalized spacial score (nSPS) is 19.7. The van der Waals surface area contributed by atoms with Crippen molar-refractivity contribution in [1.82, 2.24) is 0 Å². The Hall–Kier alpha value is -1.20. The Morgan fingerprint density at radius 3 is 2.45 bits per heavy atom. The van der Waals surface area contributed by atoms with E-state index in [0.29, 0.717) is 3.63 Å². The van der Waals surface area contributed by atoms with Crippen molar-refractivity contribution in [3.05, 3.63) is 81.9 Å². The van der Waals surface area contributed by atoms with E-state index in [9.17, 15) is 0 Å². The van der Waals surface area contributed by atoms with E-state index in [1.807, 2.05) is 0 Å². The summed E-state index contributed by atoms with van der Waals surface area (Å²) in [6.45, 7) is 4.40. The number of allylic oxidation sites excluding steroid dienone is 4. The van der Waals surface area contributed by atoms with Gasteiger partial charge in [0.15, 0.2) is 0 Å². The van der Waals surface area contributed by atoms with Gasteiger partial charge in [0.1, 0.15) is 0 Å². The van der Waals surface area contributed by atoms with Crippen LogP contribution in [0.3, 0.4) is 0 Å². The second-order valence-electron chi connectivity index (χ2n) is 6.51. The first-order chi connectivity index (χ1) is 10.6. The molecular weight excluding hydrogens is 343 g/mol. The van der Waals surface area contributed by atoms with Gasteiger partial charge in [-0.1, -0.05) is 0 Å². The van der Waals surface area contributed by atoms with Crippen LogP contribution in [0.5, 0.6) is 0 Å². The molecule has 0 fully saturated rings. The fraction of sp³-hybridized carbons (Fsp3) is 0.238. The van der Waals surface area contributed by atoms with Gasteiger partial charge in [0.25, 0.3) is 0 Å². The molecule has 0 nitrogen and oxygen atoms in total. The molecule has 22 heavy (non-hydrogen) atoms. The molecule has 0 spiro atoms. The molecule has 2 aliphatic rings. The molecule has 4 rings (SSSR count). The number of benzene rings is 2. The van der Waals surface area contributed by atoms with Gasteiger partial charge in [-0.3, -0.25) is 0 Å². The van der Waals surface area contributed by atoms with Gasteiger partial charge in [0.2, 0.25) is 0 Å². The molecule has 0 saturated heterocycles. The zero-order valence-corrected chi connectivity index (χ0v) is 15.6. The van der Waals surface area contributed by atoms with Crippen LogP contribution >= 0.6 is 0 Å². The predicted molar refractivity (Wildman–Crippen MR) is 89.3 cm³/mol. The van der Waals surface area contributed by atoms with Crippen molar-refractivity contribution < 1.29 is 24.7 Å². The van der Waals surface area contributed by atoms with E-state index < -0.39 is 0 Å². The Kier molecular flexibility index (Phi) is 3.57. The predicted octanol–water partition coefficient (Wildman–Crippen LogP) is 5.44. The van der Waals surface area contributed by atoms with Crippen LogP contribution in [-0.2, 0) is 31.1 Å². The first-order valence-electron chi connectivity index (χ1n) is 7.96. The van der Waals surface area contributed by atoms with Crippen LogP contribution in [0.1, 0.15) is 34.2 Å². The monoisotopic (exact) mass is 361 g/mol. The molecule has 0 bridgehead atoms. The van der Waals surface area contributed by atoms with Crippen LogP contribution in [0.4, 0.5) is 0 Å². The quantitative estimate of drug-likeness (QED) is 0.634. The van der Waals surface area contributed by atoms with E-state index in [1.165, 1.54) is 51.8 Å². The molecule has 2 aromatic carbocycles. The maximum absolute atomic E-state index is 2.47. The van der Waals surface area contributed by atoms with E-state index in [0.717, 1.165) is 0 Å². The SMILES string of the molecule is Cc1cc(C)cc(C2=CC3=C(CCc4ccccc43)[CH]2[Zr])c1. The van der Waals surface area contributed by atoms with E-state index in [1.54, 1.807) is 30.3 Å². The zero-order chi connectivity index (χ0) is 15.3. The van der Waals surface area contributed by atoms with Crippen molar-refractivity contribution in [3.63, 3.8) is 0 Å². The summed E-state index contributed by atoms with van der Waals surface area (Å²) < 4.78 is 0.636. The minimum atomic E-state index is 0.636. The summed E-state index contributed by atoms with van der Waals surface area (Å²) in [7, 11) is 0. The average molecular weight is 363 g/mol. The van der Waals surface area contributed by atoms with Crippen LogP contribution in [0, 0.1) is 13.8 Å².